The first kappa shape index (κ1) is 21.1. The van der Waals surface area contributed by atoms with Crippen molar-refractivity contribution in [3.05, 3.63) is 98.5 Å². The number of hydrogen-bond donors (Lipinski definition) is 0. The largest absolute Gasteiger partial charge is 0.487 e. The van der Waals surface area contributed by atoms with Gasteiger partial charge in [0, 0.05) is 12.1 Å². The third kappa shape index (κ3) is 4.67. The number of aromatic nitrogens is 1. The molecular weight excluding hydrogens is 394 g/mol. The first-order valence-electron chi connectivity index (χ1n) is 12.2. The van der Waals surface area contributed by atoms with E-state index in [-0.39, 0.29) is 5.56 Å². The Balaban J connectivity index is 1.48. The Hall–Kier alpha value is -2.81. The molecule has 2 saturated carbocycles. The summed E-state index contributed by atoms with van der Waals surface area (Å²) in [6.07, 6.45) is 6.59. The molecule has 0 spiro atoms. The van der Waals surface area contributed by atoms with Gasteiger partial charge in [0.25, 0.3) is 5.56 Å². The Bertz CT molecular complexity index is 1150. The number of nitrogens with zero attached hydrogens (tertiary/aromatic N) is 1. The van der Waals surface area contributed by atoms with Crippen molar-refractivity contribution in [3.63, 3.8) is 0 Å². The third-order valence-corrected chi connectivity index (χ3v) is 6.92. The van der Waals surface area contributed by atoms with Crippen molar-refractivity contribution in [2.45, 2.75) is 77.4 Å². The highest BCUT2D eigenvalue weighted by Crippen LogP contribution is 2.45. The van der Waals surface area contributed by atoms with Crippen LogP contribution in [0.3, 0.4) is 0 Å². The Morgan fingerprint density at radius 2 is 1.62 bits per heavy atom. The van der Waals surface area contributed by atoms with Crippen LogP contribution in [0.5, 0.6) is 5.75 Å². The maximum Gasteiger partial charge on any atom is 0.254 e. The molecule has 32 heavy (non-hydrogen) atoms. The molecule has 0 radical (unpaired) electrons. The minimum absolute atomic E-state index is 0.199. The van der Waals surface area contributed by atoms with Gasteiger partial charge in [-0.2, -0.15) is 0 Å². The summed E-state index contributed by atoms with van der Waals surface area (Å²) in [7, 11) is 0. The van der Waals surface area contributed by atoms with Crippen molar-refractivity contribution in [2.24, 2.45) is 0 Å². The van der Waals surface area contributed by atoms with Gasteiger partial charge in [0.15, 0.2) is 0 Å². The van der Waals surface area contributed by atoms with Crippen LogP contribution in [0.2, 0.25) is 0 Å². The Labute approximate surface area is 191 Å². The Kier molecular flexibility index (Phi) is 5.91. The predicted octanol–water partition coefficient (Wildman–Crippen LogP) is 6.30. The van der Waals surface area contributed by atoms with Crippen LogP contribution in [0, 0.1) is 6.92 Å². The number of rotatable bonds is 9. The lowest BCUT2D eigenvalue weighted by Crippen LogP contribution is -2.29. The molecule has 0 bridgehead atoms. The summed E-state index contributed by atoms with van der Waals surface area (Å²) in [5.41, 5.74) is 7.47. The van der Waals surface area contributed by atoms with Gasteiger partial charge in [-0.1, -0.05) is 48.9 Å². The topological polar surface area (TPSA) is 31.2 Å². The minimum atomic E-state index is 0.199. The van der Waals surface area contributed by atoms with Gasteiger partial charge < -0.3 is 9.30 Å². The lowest BCUT2D eigenvalue weighted by atomic mass is 10.0. The molecule has 0 aliphatic heterocycles. The van der Waals surface area contributed by atoms with Crippen LogP contribution in [0.25, 0.3) is 0 Å². The van der Waals surface area contributed by atoms with Crippen LogP contribution in [0.1, 0.15) is 78.0 Å². The van der Waals surface area contributed by atoms with Crippen LogP contribution in [0.4, 0.5) is 0 Å². The predicted molar refractivity (Wildman–Crippen MR) is 130 cm³/mol. The standard InChI is InChI=1S/C29H33NO2/c1-3-21-5-4-6-25(17-21)32-19-28-26(23-11-12-23)18-27(24-13-14-24)29(31)30(28)16-15-22-9-7-20(2)8-10-22/h4-10,17-18,23-24H,3,11-16,19H2,1-2H3. The number of aryl methyl sites for hydroxylation is 3. The van der Waals surface area contributed by atoms with Gasteiger partial charge in [0.05, 0.1) is 5.69 Å². The quantitative estimate of drug-likeness (QED) is 0.401. The van der Waals surface area contributed by atoms with Gasteiger partial charge in [0.1, 0.15) is 12.4 Å². The molecule has 5 rings (SSSR count). The van der Waals surface area contributed by atoms with E-state index in [0.717, 1.165) is 42.7 Å². The SMILES string of the molecule is CCc1cccc(OCc2c(C3CC3)cc(C3CC3)c(=O)n2CCc2ccc(C)cc2)c1. The second kappa shape index (κ2) is 8.97. The van der Waals surface area contributed by atoms with E-state index >= 15 is 0 Å². The highest BCUT2D eigenvalue weighted by Gasteiger charge is 2.33. The van der Waals surface area contributed by atoms with Crippen molar-refractivity contribution in [2.75, 3.05) is 0 Å². The summed E-state index contributed by atoms with van der Waals surface area (Å²) in [6, 6.07) is 19.2. The maximum atomic E-state index is 13.6. The lowest BCUT2D eigenvalue weighted by Gasteiger charge is -2.20. The Morgan fingerprint density at radius 1 is 0.906 bits per heavy atom. The minimum Gasteiger partial charge on any atom is -0.487 e. The van der Waals surface area contributed by atoms with Gasteiger partial charge in [-0.05, 0) is 92.2 Å². The van der Waals surface area contributed by atoms with E-state index < -0.39 is 0 Å². The first-order valence-corrected chi connectivity index (χ1v) is 12.2. The van der Waals surface area contributed by atoms with E-state index in [1.807, 2.05) is 10.6 Å². The van der Waals surface area contributed by atoms with E-state index in [4.69, 9.17) is 4.74 Å². The van der Waals surface area contributed by atoms with Gasteiger partial charge in [-0.25, -0.2) is 0 Å². The third-order valence-electron chi connectivity index (χ3n) is 6.92. The van der Waals surface area contributed by atoms with Crippen LogP contribution < -0.4 is 10.3 Å². The van der Waals surface area contributed by atoms with Crippen LogP contribution >= 0.6 is 0 Å². The fourth-order valence-electron chi connectivity index (χ4n) is 4.58. The molecule has 0 unspecified atom stereocenters. The molecule has 2 aliphatic carbocycles. The maximum absolute atomic E-state index is 13.6. The van der Waals surface area contributed by atoms with Crippen molar-refractivity contribution in [1.29, 1.82) is 0 Å². The van der Waals surface area contributed by atoms with Gasteiger partial charge in [-0.15, -0.1) is 0 Å². The second-order valence-electron chi connectivity index (χ2n) is 9.53. The zero-order chi connectivity index (χ0) is 22.1. The zero-order valence-electron chi connectivity index (χ0n) is 19.3. The van der Waals surface area contributed by atoms with Gasteiger partial charge in [0.2, 0.25) is 0 Å². The summed E-state index contributed by atoms with van der Waals surface area (Å²) in [5.74, 6) is 1.93. The average molecular weight is 428 g/mol. The smallest absolute Gasteiger partial charge is 0.254 e. The van der Waals surface area contributed by atoms with Crippen LogP contribution in [-0.2, 0) is 26.0 Å². The van der Waals surface area contributed by atoms with Crippen LogP contribution in [-0.4, -0.2) is 4.57 Å². The van der Waals surface area contributed by atoms with Crippen LogP contribution in [0.15, 0.2) is 59.4 Å². The highest BCUT2D eigenvalue weighted by atomic mass is 16.5. The number of pyridine rings is 1. The molecule has 1 aromatic heterocycles. The molecule has 2 aromatic carbocycles. The summed E-state index contributed by atoms with van der Waals surface area (Å²) >= 11 is 0. The molecule has 3 heteroatoms. The molecule has 1 heterocycles. The van der Waals surface area contributed by atoms with Crippen molar-refractivity contribution in [1.82, 2.24) is 4.57 Å². The summed E-state index contributed by atoms with van der Waals surface area (Å²) < 4.78 is 8.32. The molecule has 3 nitrogen and oxygen atoms in total. The summed E-state index contributed by atoms with van der Waals surface area (Å²) in [4.78, 5) is 13.6. The summed E-state index contributed by atoms with van der Waals surface area (Å²) in [6.45, 7) is 5.42. The molecule has 0 atom stereocenters. The molecular formula is C29H33NO2. The van der Waals surface area contributed by atoms with E-state index in [9.17, 15) is 4.79 Å². The highest BCUT2D eigenvalue weighted by molar-refractivity contribution is 5.37. The van der Waals surface area contributed by atoms with Crippen molar-refractivity contribution in [3.8, 4) is 5.75 Å². The first-order chi connectivity index (χ1) is 15.6. The monoisotopic (exact) mass is 427 g/mol. The Morgan fingerprint density at radius 3 is 2.31 bits per heavy atom. The van der Waals surface area contributed by atoms with Gasteiger partial charge in [-0.3, -0.25) is 4.79 Å². The normalized spacial score (nSPS) is 15.7. The van der Waals surface area contributed by atoms with Crippen molar-refractivity contribution < 1.29 is 4.74 Å². The average Bonchev–Trinajstić information content (AvgIpc) is 3.71. The lowest BCUT2D eigenvalue weighted by molar-refractivity contribution is 0.290. The second-order valence-corrected chi connectivity index (χ2v) is 9.53. The number of benzene rings is 2. The van der Waals surface area contributed by atoms with Crippen molar-refractivity contribution >= 4 is 0 Å². The molecule has 2 aliphatic rings. The van der Waals surface area contributed by atoms with E-state index in [1.165, 1.54) is 35.1 Å². The molecule has 2 fully saturated rings. The van der Waals surface area contributed by atoms with E-state index in [1.54, 1.807) is 0 Å². The molecule has 166 valence electrons. The van der Waals surface area contributed by atoms with E-state index in [2.05, 4.69) is 62.4 Å². The molecule has 0 amide bonds. The number of hydrogen-bond acceptors (Lipinski definition) is 2. The van der Waals surface area contributed by atoms with Gasteiger partial charge >= 0.3 is 0 Å². The zero-order valence-corrected chi connectivity index (χ0v) is 19.3. The fourth-order valence-corrected chi connectivity index (χ4v) is 4.58. The number of ether oxygens (including phenoxy) is 1. The molecule has 3 aromatic rings. The molecule has 0 N–H and O–H groups in total. The summed E-state index contributed by atoms with van der Waals surface area (Å²) in [5, 5.41) is 0. The fraction of sp³-hybridized carbons (Fsp3) is 0.414. The molecule has 0 saturated heterocycles. The van der Waals surface area contributed by atoms with E-state index in [0.29, 0.717) is 25.0 Å².